The van der Waals surface area contributed by atoms with Gasteiger partial charge in [-0.1, -0.05) is 29.8 Å². The predicted molar refractivity (Wildman–Crippen MR) is 124 cm³/mol. The van der Waals surface area contributed by atoms with Gasteiger partial charge in [0.25, 0.3) is 10.1 Å². The summed E-state index contributed by atoms with van der Waals surface area (Å²) < 4.78 is 41.4. The van der Waals surface area contributed by atoms with Crippen LogP contribution in [0.1, 0.15) is 58.4 Å². The lowest BCUT2D eigenvalue weighted by Gasteiger charge is -2.29. The highest BCUT2D eigenvalue weighted by molar-refractivity contribution is 7.86. The van der Waals surface area contributed by atoms with Crippen LogP contribution < -0.4 is 0 Å². The molecular weight excluding hydrogens is 446 g/mol. The maximum absolute atomic E-state index is 12.8. The molecule has 0 radical (unpaired) electrons. The lowest BCUT2D eigenvalue weighted by atomic mass is 10.1. The number of hydrogen-bond acceptors (Lipinski definition) is 7. The van der Waals surface area contributed by atoms with Gasteiger partial charge in [-0.15, -0.1) is 0 Å². The normalized spacial score (nSPS) is 19.1. The molecule has 1 aliphatic rings. The number of methoxy groups -OCH3 is 1. The highest BCUT2D eigenvalue weighted by atomic mass is 32.2. The van der Waals surface area contributed by atoms with Gasteiger partial charge in [0.2, 0.25) is 0 Å². The van der Waals surface area contributed by atoms with E-state index in [1.54, 1.807) is 37.8 Å². The first-order chi connectivity index (χ1) is 15.4. The van der Waals surface area contributed by atoms with Crippen LogP contribution in [-0.2, 0) is 28.6 Å². The number of ether oxygens (including phenoxy) is 2. The molecule has 0 spiro atoms. The van der Waals surface area contributed by atoms with E-state index in [1.807, 2.05) is 19.1 Å². The Balaban J connectivity index is 2.12. The second kappa shape index (κ2) is 11.7. The van der Waals surface area contributed by atoms with E-state index in [0.717, 1.165) is 5.56 Å². The SMILES string of the molecule is COC(=O)CCCC=CC[C@@H]1C(OS(=O)(=O)c2ccc(C)cc2)CCN1C(=O)OC(C)(C)C. The Morgan fingerprint density at radius 1 is 1.15 bits per heavy atom. The predicted octanol–water partition coefficient (Wildman–Crippen LogP) is 4.37. The van der Waals surface area contributed by atoms with Crippen molar-refractivity contribution < 1.29 is 31.7 Å². The molecule has 0 aromatic heterocycles. The Labute approximate surface area is 197 Å². The fourth-order valence-electron chi connectivity index (χ4n) is 3.51. The molecule has 9 heteroatoms. The zero-order valence-electron chi connectivity index (χ0n) is 20.1. The number of carbonyl (C=O) groups is 2. The van der Waals surface area contributed by atoms with Crippen LogP contribution in [0, 0.1) is 6.92 Å². The van der Waals surface area contributed by atoms with E-state index in [-0.39, 0.29) is 10.9 Å². The third-order valence-corrected chi connectivity index (χ3v) is 6.55. The Kier molecular flexibility index (Phi) is 9.48. The van der Waals surface area contributed by atoms with Crippen molar-refractivity contribution in [3.8, 4) is 0 Å². The number of carbonyl (C=O) groups excluding carboxylic acids is 2. The van der Waals surface area contributed by atoms with Gasteiger partial charge in [0.05, 0.1) is 24.2 Å². The largest absolute Gasteiger partial charge is 0.469 e. The summed E-state index contributed by atoms with van der Waals surface area (Å²) in [6.45, 7) is 7.57. The zero-order valence-corrected chi connectivity index (χ0v) is 20.9. The average Bonchev–Trinajstić information content (AvgIpc) is 3.11. The first-order valence-corrected chi connectivity index (χ1v) is 12.5. The van der Waals surface area contributed by atoms with Crippen LogP contribution >= 0.6 is 0 Å². The fraction of sp³-hybridized carbons (Fsp3) is 0.583. The fourth-order valence-corrected chi connectivity index (χ4v) is 4.64. The van der Waals surface area contributed by atoms with E-state index in [2.05, 4.69) is 4.74 Å². The molecule has 8 nitrogen and oxygen atoms in total. The molecule has 1 aromatic carbocycles. The molecular formula is C24H35NO7S. The van der Waals surface area contributed by atoms with Crippen molar-refractivity contribution in [1.29, 1.82) is 0 Å². The molecule has 0 N–H and O–H groups in total. The molecule has 1 fully saturated rings. The van der Waals surface area contributed by atoms with Crippen LogP contribution in [-0.4, -0.2) is 56.8 Å². The molecule has 1 aliphatic heterocycles. The summed E-state index contributed by atoms with van der Waals surface area (Å²) in [6, 6.07) is 5.97. The zero-order chi connectivity index (χ0) is 24.6. The van der Waals surface area contributed by atoms with Gasteiger partial charge in [0, 0.05) is 13.0 Å². The molecule has 2 atom stereocenters. The molecule has 33 heavy (non-hydrogen) atoms. The molecule has 184 valence electrons. The van der Waals surface area contributed by atoms with Crippen LogP contribution in [0.2, 0.25) is 0 Å². The van der Waals surface area contributed by atoms with Crippen LogP contribution in [0.5, 0.6) is 0 Å². The highest BCUT2D eigenvalue weighted by Gasteiger charge is 2.41. The van der Waals surface area contributed by atoms with E-state index in [1.165, 1.54) is 19.2 Å². The van der Waals surface area contributed by atoms with Gasteiger partial charge in [-0.25, -0.2) is 4.79 Å². The molecule has 0 aliphatic carbocycles. The number of allylic oxidation sites excluding steroid dienone is 1. The van der Waals surface area contributed by atoms with Crippen molar-refractivity contribution in [3.63, 3.8) is 0 Å². The lowest BCUT2D eigenvalue weighted by Crippen LogP contribution is -2.43. The van der Waals surface area contributed by atoms with Crippen molar-refractivity contribution >= 4 is 22.2 Å². The van der Waals surface area contributed by atoms with Crippen molar-refractivity contribution in [2.75, 3.05) is 13.7 Å². The quantitative estimate of drug-likeness (QED) is 0.223. The van der Waals surface area contributed by atoms with Crippen molar-refractivity contribution in [2.24, 2.45) is 0 Å². The van der Waals surface area contributed by atoms with Crippen molar-refractivity contribution in [2.45, 2.75) is 82.4 Å². The van der Waals surface area contributed by atoms with E-state index < -0.39 is 34.0 Å². The van der Waals surface area contributed by atoms with Crippen molar-refractivity contribution in [1.82, 2.24) is 4.90 Å². The monoisotopic (exact) mass is 481 g/mol. The maximum atomic E-state index is 12.8. The van der Waals surface area contributed by atoms with Gasteiger partial charge in [-0.2, -0.15) is 8.42 Å². The number of benzene rings is 1. The number of nitrogens with zero attached hydrogens (tertiary/aromatic N) is 1. The molecule has 0 bridgehead atoms. The summed E-state index contributed by atoms with van der Waals surface area (Å²) in [4.78, 5) is 25.6. The van der Waals surface area contributed by atoms with Gasteiger partial charge in [0.15, 0.2) is 0 Å². The number of likely N-dealkylation sites (tertiary alicyclic amines) is 1. The highest BCUT2D eigenvalue weighted by Crippen LogP contribution is 2.29. The van der Waals surface area contributed by atoms with Gasteiger partial charge in [0.1, 0.15) is 5.60 Å². The summed E-state index contributed by atoms with van der Waals surface area (Å²) in [5.41, 5.74) is 0.277. The smallest absolute Gasteiger partial charge is 0.410 e. The minimum absolute atomic E-state index is 0.0842. The number of esters is 1. The van der Waals surface area contributed by atoms with Crippen LogP contribution in [0.3, 0.4) is 0 Å². The van der Waals surface area contributed by atoms with Gasteiger partial charge in [-0.3, -0.25) is 8.98 Å². The van der Waals surface area contributed by atoms with E-state index in [9.17, 15) is 18.0 Å². The third-order valence-electron chi connectivity index (χ3n) is 5.20. The minimum Gasteiger partial charge on any atom is -0.469 e. The molecule has 2 rings (SSSR count). The van der Waals surface area contributed by atoms with Crippen LogP contribution in [0.25, 0.3) is 0 Å². The second-order valence-electron chi connectivity index (χ2n) is 9.11. The second-order valence-corrected chi connectivity index (χ2v) is 10.7. The number of unbranched alkanes of at least 4 members (excludes halogenated alkanes) is 1. The lowest BCUT2D eigenvalue weighted by molar-refractivity contribution is -0.140. The van der Waals surface area contributed by atoms with Crippen LogP contribution in [0.4, 0.5) is 4.79 Å². The molecule has 1 amide bonds. The summed E-state index contributed by atoms with van der Waals surface area (Å²) in [6.07, 6.45) is 5.05. The van der Waals surface area contributed by atoms with E-state index >= 15 is 0 Å². The topological polar surface area (TPSA) is 99.2 Å². The summed E-state index contributed by atoms with van der Waals surface area (Å²) >= 11 is 0. The Morgan fingerprint density at radius 2 is 1.82 bits per heavy atom. The first kappa shape index (κ1) is 26.9. The average molecular weight is 482 g/mol. The minimum atomic E-state index is -3.98. The van der Waals surface area contributed by atoms with Gasteiger partial charge < -0.3 is 14.4 Å². The summed E-state index contributed by atoms with van der Waals surface area (Å²) in [5.74, 6) is -0.259. The number of rotatable bonds is 9. The Morgan fingerprint density at radius 3 is 2.42 bits per heavy atom. The first-order valence-electron chi connectivity index (χ1n) is 11.1. The number of hydrogen-bond donors (Lipinski definition) is 0. The van der Waals surface area contributed by atoms with E-state index in [4.69, 9.17) is 8.92 Å². The third kappa shape index (κ3) is 8.47. The summed E-state index contributed by atoms with van der Waals surface area (Å²) in [7, 11) is -2.63. The molecule has 1 saturated heterocycles. The molecule has 0 saturated carbocycles. The summed E-state index contributed by atoms with van der Waals surface area (Å²) in [5, 5.41) is 0. The van der Waals surface area contributed by atoms with Crippen LogP contribution in [0.15, 0.2) is 41.3 Å². The Bertz CT molecular complexity index is 933. The van der Waals surface area contributed by atoms with Crippen molar-refractivity contribution in [3.05, 3.63) is 42.0 Å². The Hall–Kier alpha value is -2.39. The number of amides is 1. The maximum Gasteiger partial charge on any atom is 0.410 e. The molecule has 1 aromatic rings. The standard InChI is InChI=1S/C24H35NO7S/c1-18-12-14-19(15-13-18)33(28,29)32-21-16-17-25(23(27)31-24(2,3)4)20(21)10-8-6-7-9-11-22(26)30-5/h6,8,12-15,20-21H,7,9-11,16-17H2,1-5H3/t20-,21?/m1/s1. The molecule has 1 unspecified atom stereocenters. The van der Waals surface area contributed by atoms with Gasteiger partial charge >= 0.3 is 12.1 Å². The van der Waals surface area contributed by atoms with E-state index in [0.29, 0.717) is 38.6 Å². The van der Waals surface area contributed by atoms with Gasteiger partial charge in [-0.05, 0) is 65.5 Å². The number of aryl methyl sites for hydroxylation is 1. The molecule has 1 heterocycles.